The van der Waals surface area contributed by atoms with E-state index >= 15 is 0 Å². The SMILES string of the molecule is CCCc1c(C(=O)O)nnn1CC(F)(F)CO. The van der Waals surface area contributed by atoms with Crippen molar-refractivity contribution in [3.8, 4) is 0 Å². The summed E-state index contributed by atoms with van der Waals surface area (Å²) >= 11 is 0. The Kier molecular flexibility index (Phi) is 4.11. The van der Waals surface area contributed by atoms with Crippen LogP contribution >= 0.6 is 0 Å². The molecule has 1 rings (SSSR count). The molecule has 0 atom stereocenters. The maximum absolute atomic E-state index is 13.0. The fourth-order valence-electron chi connectivity index (χ4n) is 1.38. The van der Waals surface area contributed by atoms with Crippen LogP contribution < -0.4 is 0 Å². The van der Waals surface area contributed by atoms with Crippen LogP contribution in [0.15, 0.2) is 0 Å². The van der Waals surface area contributed by atoms with E-state index in [4.69, 9.17) is 10.2 Å². The number of carbonyl (C=O) groups is 1. The van der Waals surface area contributed by atoms with Gasteiger partial charge in [-0.25, -0.2) is 18.3 Å². The molecule has 0 aliphatic heterocycles. The van der Waals surface area contributed by atoms with E-state index in [1.54, 1.807) is 6.92 Å². The Labute approximate surface area is 95.9 Å². The summed E-state index contributed by atoms with van der Waals surface area (Å²) in [6.07, 6.45) is 0.870. The topological polar surface area (TPSA) is 88.2 Å². The van der Waals surface area contributed by atoms with Gasteiger partial charge in [-0.15, -0.1) is 5.10 Å². The maximum Gasteiger partial charge on any atom is 0.358 e. The first-order chi connectivity index (χ1) is 7.91. The molecular weight excluding hydrogens is 236 g/mol. The Hall–Kier alpha value is -1.57. The standard InChI is InChI=1S/C9H13F2N3O3/c1-2-3-6-7(8(16)17)12-13-14(6)4-9(10,11)5-15/h15H,2-5H2,1H3,(H,16,17). The van der Waals surface area contributed by atoms with Gasteiger partial charge in [-0.2, -0.15) is 0 Å². The highest BCUT2D eigenvalue weighted by atomic mass is 19.3. The number of aliphatic hydroxyl groups is 1. The van der Waals surface area contributed by atoms with Crippen LogP contribution in [0.4, 0.5) is 8.78 Å². The zero-order chi connectivity index (χ0) is 13.1. The molecule has 0 saturated heterocycles. The first-order valence-corrected chi connectivity index (χ1v) is 5.05. The highest BCUT2D eigenvalue weighted by Crippen LogP contribution is 2.17. The van der Waals surface area contributed by atoms with Crippen LogP contribution in [-0.2, 0) is 13.0 Å². The summed E-state index contributed by atoms with van der Waals surface area (Å²) in [7, 11) is 0. The first kappa shape index (κ1) is 13.5. The molecule has 17 heavy (non-hydrogen) atoms. The van der Waals surface area contributed by atoms with E-state index in [1.165, 1.54) is 0 Å². The molecule has 1 heterocycles. The van der Waals surface area contributed by atoms with E-state index in [2.05, 4.69) is 10.3 Å². The van der Waals surface area contributed by atoms with Gasteiger partial charge in [0.1, 0.15) is 13.2 Å². The zero-order valence-corrected chi connectivity index (χ0v) is 9.23. The van der Waals surface area contributed by atoms with E-state index in [-0.39, 0.29) is 17.8 Å². The second-order valence-electron chi connectivity index (χ2n) is 3.61. The fourth-order valence-corrected chi connectivity index (χ4v) is 1.38. The lowest BCUT2D eigenvalue weighted by molar-refractivity contribution is -0.0660. The van der Waals surface area contributed by atoms with Gasteiger partial charge in [-0.05, 0) is 6.42 Å². The van der Waals surface area contributed by atoms with Gasteiger partial charge in [-0.1, -0.05) is 18.6 Å². The number of aromatic nitrogens is 3. The summed E-state index contributed by atoms with van der Waals surface area (Å²) in [5.41, 5.74) is -0.172. The van der Waals surface area contributed by atoms with Gasteiger partial charge in [0.05, 0.1) is 5.69 Å². The normalized spacial score (nSPS) is 11.8. The molecule has 0 spiro atoms. The minimum Gasteiger partial charge on any atom is -0.476 e. The average Bonchev–Trinajstić information content (AvgIpc) is 2.62. The van der Waals surface area contributed by atoms with Crippen molar-refractivity contribution in [2.75, 3.05) is 6.61 Å². The molecule has 0 saturated carbocycles. The molecule has 0 unspecified atom stereocenters. The monoisotopic (exact) mass is 249 g/mol. The van der Waals surface area contributed by atoms with E-state index in [0.717, 1.165) is 4.68 Å². The fraction of sp³-hybridized carbons (Fsp3) is 0.667. The number of aromatic carboxylic acids is 1. The van der Waals surface area contributed by atoms with Gasteiger partial charge in [-0.3, -0.25) is 0 Å². The third-order valence-corrected chi connectivity index (χ3v) is 2.14. The highest BCUT2D eigenvalue weighted by Gasteiger charge is 2.31. The summed E-state index contributed by atoms with van der Waals surface area (Å²) in [6, 6.07) is 0. The first-order valence-electron chi connectivity index (χ1n) is 5.05. The molecule has 0 radical (unpaired) electrons. The smallest absolute Gasteiger partial charge is 0.358 e. The number of nitrogens with zero attached hydrogens (tertiary/aromatic N) is 3. The van der Waals surface area contributed by atoms with E-state index in [1.807, 2.05) is 0 Å². The van der Waals surface area contributed by atoms with E-state index in [0.29, 0.717) is 6.42 Å². The molecule has 96 valence electrons. The summed E-state index contributed by atoms with van der Waals surface area (Å²) < 4.78 is 26.8. The van der Waals surface area contributed by atoms with Gasteiger partial charge < -0.3 is 10.2 Å². The molecule has 0 aromatic carbocycles. The molecule has 0 aliphatic carbocycles. The predicted octanol–water partition coefficient (Wildman–Crippen LogP) is 0.556. The molecule has 1 aromatic rings. The van der Waals surface area contributed by atoms with Gasteiger partial charge in [0, 0.05) is 0 Å². The van der Waals surface area contributed by atoms with Crippen molar-refractivity contribution in [2.24, 2.45) is 0 Å². The average molecular weight is 249 g/mol. The van der Waals surface area contributed by atoms with Crippen molar-refractivity contribution < 1.29 is 23.8 Å². The zero-order valence-electron chi connectivity index (χ0n) is 9.23. The number of hydrogen-bond acceptors (Lipinski definition) is 4. The minimum absolute atomic E-state index is 0.146. The van der Waals surface area contributed by atoms with Crippen LogP contribution in [-0.4, -0.2) is 43.7 Å². The lowest BCUT2D eigenvalue weighted by atomic mass is 10.2. The second kappa shape index (κ2) is 5.17. The van der Waals surface area contributed by atoms with Crippen LogP contribution in [0.1, 0.15) is 29.5 Å². The van der Waals surface area contributed by atoms with Gasteiger partial charge in [0.15, 0.2) is 5.69 Å². The highest BCUT2D eigenvalue weighted by molar-refractivity contribution is 5.86. The van der Waals surface area contributed by atoms with Gasteiger partial charge >= 0.3 is 5.97 Å². The minimum atomic E-state index is -3.34. The number of hydrogen-bond donors (Lipinski definition) is 2. The van der Waals surface area contributed by atoms with Gasteiger partial charge in [0.25, 0.3) is 5.92 Å². The second-order valence-corrected chi connectivity index (χ2v) is 3.61. The summed E-state index contributed by atoms with van der Waals surface area (Å²) in [4.78, 5) is 10.8. The Morgan fingerprint density at radius 3 is 2.65 bits per heavy atom. The number of rotatable bonds is 6. The number of aliphatic hydroxyl groups excluding tert-OH is 1. The third kappa shape index (κ3) is 3.19. The van der Waals surface area contributed by atoms with Crippen molar-refractivity contribution in [3.63, 3.8) is 0 Å². The molecule has 8 heteroatoms. The lowest BCUT2D eigenvalue weighted by Crippen LogP contribution is -2.29. The predicted molar refractivity (Wildman–Crippen MR) is 53.0 cm³/mol. The van der Waals surface area contributed by atoms with Gasteiger partial charge in [0.2, 0.25) is 0 Å². The van der Waals surface area contributed by atoms with Crippen LogP contribution in [0, 0.1) is 0 Å². The van der Waals surface area contributed by atoms with Crippen molar-refractivity contribution in [2.45, 2.75) is 32.2 Å². The Morgan fingerprint density at radius 2 is 2.18 bits per heavy atom. The summed E-state index contributed by atoms with van der Waals surface area (Å²) in [5.74, 6) is -4.64. The van der Waals surface area contributed by atoms with Crippen LogP contribution in [0.2, 0.25) is 0 Å². The van der Waals surface area contributed by atoms with Crippen LogP contribution in [0.3, 0.4) is 0 Å². The number of alkyl halides is 2. The Morgan fingerprint density at radius 1 is 1.53 bits per heavy atom. The van der Waals surface area contributed by atoms with Crippen molar-refractivity contribution >= 4 is 5.97 Å². The van der Waals surface area contributed by atoms with Crippen LogP contribution in [0.5, 0.6) is 0 Å². The Bertz CT molecular complexity index is 406. The quantitative estimate of drug-likeness (QED) is 0.768. The van der Waals surface area contributed by atoms with Crippen molar-refractivity contribution in [1.29, 1.82) is 0 Å². The number of carboxylic acid groups (broad SMARTS) is 1. The molecule has 2 N–H and O–H groups in total. The molecule has 0 amide bonds. The van der Waals surface area contributed by atoms with E-state index in [9.17, 15) is 13.6 Å². The molecule has 0 fully saturated rings. The summed E-state index contributed by atoms with van der Waals surface area (Å²) in [6.45, 7) is -0.410. The largest absolute Gasteiger partial charge is 0.476 e. The van der Waals surface area contributed by atoms with Crippen LogP contribution in [0.25, 0.3) is 0 Å². The lowest BCUT2D eigenvalue weighted by Gasteiger charge is -2.14. The molecule has 6 nitrogen and oxygen atoms in total. The van der Waals surface area contributed by atoms with Crippen molar-refractivity contribution in [1.82, 2.24) is 15.0 Å². The van der Waals surface area contributed by atoms with E-state index < -0.39 is 25.0 Å². The molecular formula is C9H13F2N3O3. The number of carboxylic acids is 1. The maximum atomic E-state index is 13.0. The molecule has 0 bridgehead atoms. The summed E-state index contributed by atoms with van der Waals surface area (Å²) in [5, 5.41) is 24.0. The third-order valence-electron chi connectivity index (χ3n) is 2.14. The molecule has 1 aromatic heterocycles. The molecule has 0 aliphatic rings. The Balaban J connectivity index is 3.03. The van der Waals surface area contributed by atoms with Crippen molar-refractivity contribution in [3.05, 3.63) is 11.4 Å². The number of halogens is 2.